The number of esters is 1. The van der Waals surface area contributed by atoms with E-state index in [4.69, 9.17) is 4.74 Å². The lowest BCUT2D eigenvalue weighted by atomic mass is 9.85. The van der Waals surface area contributed by atoms with E-state index in [9.17, 15) is 9.59 Å². The molecule has 4 heteroatoms. The number of carbonyl (C=O) groups is 2. The molecule has 2 rings (SSSR count). The Balaban J connectivity index is 1.80. The zero-order valence-electron chi connectivity index (χ0n) is 14.6. The monoisotopic (exact) mass is 402 g/mol. The second-order valence-corrected chi connectivity index (χ2v) is 7.63. The van der Waals surface area contributed by atoms with E-state index in [-0.39, 0.29) is 18.2 Å². The maximum atomic E-state index is 12.4. The van der Waals surface area contributed by atoms with Gasteiger partial charge in [0.25, 0.3) is 0 Å². The van der Waals surface area contributed by atoms with Gasteiger partial charge < -0.3 is 4.74 Å². The van der Waals surface area contributed by atoms with Crippen molar-refractivity contribution in [1.29, 1.82) is 0 Å². The summed E-state index contributed by atoms with van der Waals surface area (Å²) in [4.78, 5) is 24.7. The van der Waals surface area contributed by atoms with Crippen molar-refractivity contribution >= 4 is 27.7 Å². The standard InChI is InChI=1S/C21H23BrO3/c1-21(2,15-19(23)17-10-12-18(22)13-11-17)20(24)25-14-6-9-16-7-4-3-5-8-16/h3-5,7-8,10-13H,6,9,14-15H2,1-2H3. The molecule has 2 aromatic rings. The molecule has 0 N–H and O–H groups in total. The zero-order valence-corrected chi connectivity index (χ0v) is 16.2. The van der Waals surface area contributed by atoms with Gasteiger partial charge in [-0.2, -0.15) is 0 Å². The number of ketones is 1. The number of rotatable bonds is 8. The summed E-state index contributed by atoms with van der Waals surface area (Å²) in [5.41, 5.74) is 0.994. The molecular weight excluding hydrogens is 380 g/mol. The Kier molecular flexibility index (Phi) is 6.94. The molecule has 0 bridgehead atoms. The number of hydrogen-bond acceptors (Lipinski definition) is 3. The zero-order chi connectivity index (χ0) is 18.3. The van der Waals surface area contributed by atoms with Gasteiger partial charge in [0, 0.05) is 16.5 Å². The van der Waals surface area contributed by atoms with Crippen LogP contribution in [0.4, 0.5) is 0 Å². The molecule has 0 aliphatic carbocycles. The summed E-state index contributed by atoms with van der Waals surface area (Å²) in [6, 6.07) is 17.3. The number of ether oxygens (including phenoxy) is 1. The first-order chi connectivity index (χ1) is 11.9. The highest BCUT2D eigenvalue weighted by atomic mass is 79.9. The van der Waals surface area contributed by atoms with Crippen molar-refractivity contribution < 1.29 is 14.3 Å². The van der Waals surface area contributed by atoms with Gasteiger partial charge >= 0.3 is 5.97 Å². The molecule has 2 aromatic carbocycles. The first-order valence-electron chi connectivity index (χ1n) is 8.38. The normalized spacial score (nSPS) is 11.2. The lowest BCUT2D eigenvalue weighted by molar-refractivity contribution is -0.153. The number of hydrogen-bond donors (Lipinski definition) is 0. The van der Waals surface area contributed by atoms with Crippen LogP contribution in [0.2, 0.25) is 0 Å². The van der Waals surface area contributed by atoms with Crippen LogP contribution in [0.15, 0.2) is 59.1 Å². The van der Waals surface area contributed by atoms with Crippen molar-refractivity contribution in [3.63, 3.8) is 0 Å². The Bertz CT molecular complexity index is 706. The highest BCUT2D eigenvalue weighted by Gasteiger charge is 2.32. The quantitative estimate of drug-likeness (QED) is 0.345. The molecule has 0 saturated carbocycles. The number of aryl methyl sites for hydroxylation is 1. The van der Waals surface area contributed by atoms with Gasteiger partial charge in [-0.1, -0.05) is 58.4 Å². The topological polar surface area (TPSA) is 43.4 Å². The van der Waals surface area contributed by atoms with Crippen LogP contribution in [-0.2, 0) is 16.0 Å². The average Bonchev–Trinajstić information content (AvgIpc) is 2.59. The van der Waals surface area contributed by atoms with Gasteiger partial charge in [-0.05, 0) is 44.4 Å². The van der Waals surface area contributed by atoms with Crippen LogP contribution in [-0.4, -0.2) is 18.4 Å². The van der Waals surface area contributed by atoms with E-state index < -0.39 is 5.41 Å². The van der Waals surface area contributed by atoms with E-state index in [0.29, 0.717) is 12.2 Å². The molecule has 0 unspecified atom stereocenters. The van der Waals surface area contributed by atoms with Gasteiger partial charge in [-0.25, -0.2) is 0 Å². The van der Waals surface area contributed by atoms with Crippen LogP contribution in [0, 0.1) is 5.41 Å². The molecule has 0 spiro atoms. The largest absolute Gasteiger partial charge is 0.465 e. The van der Waals surface area contributed by atoms with Gasteiger partial charge in [0.15, 0.2) is 5.78 Å². The summed E-state index contributed by atoms with van der Waals surface area (Å²) in [6.07, 6.45) is 1.77. The van der Waals surface area contributed by atoms with E-state index in [1.165, 1.54) is 5.56 Å². The fraction of sp³-hybridized carbons (Fsp3) is 0.333. The molecule has 0 amide bonds. The molecule has 0 aromatic heterocycles. The molecule has 0 atom stereocenters. The predicted molar refractivity (Wildman–Crippen MR) is 103 cm³/mol. The van der Waals surface area contributed by atoms with Crippen LogP contribution in [0.1, 0.15) is 42.6 Å². The predicted octanol–water partition coefficient (Wildman–Crippen LogP) is 5.22. The van der Waals surface area contributed by atoms with Crippen molar-refractivity contribution in [3.8, 4) is 0 Å². The third-order valence-electron chi connectivity index (χ3n) is 4.01. The number of Topliss-reactive ketones (excluding diaryl/α,β-unsaturated/α-hetero) is 1. The molecule has 0 heterocycles. The summed E-state index contributed by atoms with van der Waals surface area (Å²) in [6.45, 7) is 3.87. The summed E-state index contributed by atoms with van der Waals surface area (Å²) in [7, 11) is 0. The molecule has 132 valence electrons. The van der Waals surface area contributed by atoms with Crippen molar-refractivity contribution in [3.05, 3.63) is 70.2 Å². The summed E-state index contributed by atoms with van der Waals surface area (Å²) in [5.74, 6) is -0.384. The van der Waals surface area contributed by atoms with E-state index in [2.05, 4.69) is 28.1 Å². The maximum Gasteiger partial charge on any atom is 0.311 e. The van der Waals surface area contributed by atoms with Crippen LogP contribution >= 0.6 is 15.9 Å². The first kappa shape index (κ1) is 19.4. The Labute approximate surface area is 157 Å². The third-order valence-corrected chi connectivity index (χ3v) is 4.54. The second-order valence-electron chi connectivity index (χ2n) is 6.72. The van der Waals surface area contributed by atoms with Gasteiger partial charge in [0.05, 0.1) is 12.0 Å². The van der Waals surface area contributed by atoms with E-state index in [1.807, 2.05) is 30.3 Å². The lowest BCUT2D eigenvalue weighted by Crippen LogP contribution is -2.29. The third kappa shape index (κ3) is 6.13. The summed E-state index contributed by atoms with van der Waals surface area (Å²) >= 11 is 3.35. The van der Waals surface area contributed by atoms with E-state index in [0.717, 1.165) is 17.3 Å². The van der Waals surface area contributed by atoms with Gasteiger partial charge in [0.1, 0.15) is 0 Å². The van der Waals surface area contributed by atoms with Crippen LogP contribution < -0.4 is 0 Å². The van der Waals surface area contributed by atoms with Crippen molar-refractivity contribution in [1.82, 2.24) is 0 Å². The Morgan fingerprint density at radius 1 is 1.00 bits per heavy atom. The maximum absolute atomic E-state index is 12.4. The second kappa shape index (κ2) is 8.95. The SMILES string of the molecule is CC(C)(CC(=O)c1ccc(Br)cc1)C(=O)OCCCc1ccccc1. The molecule has 3 nitrogen and oxygen atoms in total. The Morgan fingerprint density at radius 3 is 2.28 bits per heavy atom. The fourth-order valence-corrected chi connectivity index (χ4v) is 2.76. The van der Waals surface area contributed by atoms with E-state index >= 15 is 0 Å². The average molecular weight is 403 g/mol. The molecule has 0 aliphatic heterocycles. The Hall–Kier alpha value is -1.94. The molecule has 0 radical (unpaired) electrons. The Morgan fingerprint density at radius 2 is 1.64 bits per heavy atom. The van der Waals surface area contributed by atoms with Crippen molar-refractivity contribution in [2.45, 2.75) is 33.1 Å². The molecule has 25 heavy (non-hydrogen) atoms. The van der Waals surface area contributed by atoms with Crippen LogP contribution in [0.25, 0.3) is 0 Å². The van der Waals surface area contributed by atoms with Crippen molar-refractivity contribution in [2.75, 3.05) is 6.61 Å². The van der Waals surface area contributed by atoms with Crippen molar-refractivity contribution in [2.24, 2.45) is 5.41 Å². The minimum atomic E-state index is -0.836. The first-order valence-corrected chi connectivity index (χ1v) is 9.18. The van der Waals surface area contributed by atoms with Gasteiger partial charge in [-0.15, -0.1) is 0 Å². The number of halogens is 1. The molecule has 0 fully saturated rings. The summed E-state index contributed by atoms with van der Waals surface area (Å²) in [5, 5.41) is 0. The summed E-state index contributed by atoms with van der Waals surface area (Å²) < 4.78 is 6.30. The highest BCUT2D eigenvalue weighted by molar-refractivity contribution is 9.10. The van der Waals surface area contributed by atoms with E-state index in [1.54, 1.807) is 26.0 Å². The molecular formula is C21H23BrO3. The lowest BCUT2D eigenvalue weighted by Gasteiger charge is -2.21. The van der Waals surface area contributed by atoms with Gasteiger partial charge in [-0.3, -0.25) is 9.59 Å². The van der Waals surface area contributed by atoms with Crippen LogP contribution in [0.3, 0.4) is 0 Å². The number of carbonyl (C=O) groups excluding carboxylic acids is 2. The van der Waals surface area contributed by atoms with Crippen LogP contribution in [0.5, 0.6) is 0 Å². The minimum absolute atomic E-state index is 0.0567. The fourth-order valence-electron chi connectivity index (χ4n) is 2.49. The smallest absolute Gasteiger partial charge is 0.311 e. The number of benzene rings is 2. The van der Waals surface area contributed by atoms with Gasteiger partial charge in [0.2, 0.25) is 0 Å². The highest BCUT2D eigenvalue weighted by Crippen LogP contribution is 2.25. The molecule has 0 saturated heterocycles. The minimum Gasteiger partial charge on any atom is -0.465 e. The molecule has 0 aliphatic rings.